The van der Waals surface area contributed by atoms with Crippen molar-refractivity contribution in [1.82, 2.24) is 9.97 Å². The molecule has 1 N–H and O–H groups in total. The maximum atomic E-state index is 11.3. The van der Waals surface area contributed by atoms with E-state index >= 15 is 0 Å². The molecule has 6 heteroatoms. The molecule has 0 unspecified atom stereocenters. The predicted molar refractivity (Wildman–Crippen MR) is 79.9 cm³/mol. The summed E-state index contributed by atoms with van der Waals surface area (Å²) in [6.45, 7) is 1.97. The van der Waals surface area contributed by atoms with Crippen LogP contribution in [0.2, 0.25) is 5.15 Å². The molecule has 0 atom stereocenters. The van der Waals surface area contributed by atoms with E-state index in [4.69, 9.17) is 16.3 Å². The van der Waals surface area contributed by atoms with Crippen molar-refractivity contribution in [3.05, 3.63) is 40.8 Å². The van der Waals surface area contributed by atoms with Crippen LogP contribution in [0, 0.1) is 0 Å². The monoisotopic (exact) mass is 303 g/mol. The summed E-state index contributed by atoms with van der Waals surface area (Å²) in [6, 6.07) is 5.57. The van der Waals surface area contributed by atoms with Gasteiger partial charge in [0.2, 0.25) is 11.8 Å². The zero-order chi connectivity index (χ0) is 14.8. The number of hydrogen-bond acceptors (Lipinski definition) is 4. The number of carbonyl (C=O) groups excluding carboxylic acids is 1. The highest BCUT2D eigenvalue weighted by Gasteiger charge is 2.16. The van der Waals surface area contributed by atoms with Gasteiger partial charge in [-0.1, -0.05) is 18.5 Å². The van der Waals surface area contributed by atoms with Crippen LogP contribution in [-0.2, 0) is 17.6 Å². The molecule has 2 aromatic rings. The fraction of sp³-hybridized carbons (Fsp3) is 0.267. The van der Waals surface area contributed by atoms with E-state index in [2.05, 4.69) is 15.3 Å². The third-order valence-electron chi connectivity index (χ3n) is 3.39. The zero-order valence-corrected chi connectivity index (χ0v) is 12.3. The van der Waals surface area contributed by atoms with Crippen LogP contribution < -0.4 is 10.1 Å². The maximum absolute atomic E-state index is 11.3. The molecule has 0 saturated heterocycles. The standard InChI is InChI=1S/C15H14ClN3O2/c1-2-11-14(16)17-8-18-15(11)21-10-4-5-12-9(7-10)3-6-13(20)19-12/h4-5,7-8H,2-3,6H2,1H3,(H,19,20). The lowest BCUT2D eigenvalue weighted by Crippen LogP contribution is -2.18. The van der Waals surface area contributed by atoms with Gasteiger partial charge in [-0.15, -0.1) is 0 Å². The van der Waals surface area contributed by atoms with E-state index in [1.807, 2.05) is 19.1 Å². The highest BCUT2D eigenvalue weighted by atomic mass is 35.5. The largest absolute Gasteiger partial charge is 0.439 e. The zero-order valence-electron chi connectivity index (χ0n) is 11.5. The van der Waals surface area contributed by atoms with Crippen LogP contribution in [0.3, 0.4) is 0 Å². The van der Waals surface area contributed by atoms with Crippen LogP contribution >= 0.6 is 11.6 Å². The molecule has 1 aromatic carbocycles. The molecule has 0 radical (unpaired) electrons. The molecule has 1 aliphatic heterocycles. The van der Waals surface area contributed by atoms with E-state index in [-0.39, 0.29) is 5.91 Å². The van der Waals surface area contributed by atoms with Crippen molar-refractivity contribution in [2.75, 3.05) is 5.32 Å². The van der Waals surface area contributed by atoms with Crippen LogP contribution in [0.4, 0.5) is 5.69 Å². The van der Waals surface area contributed by atoms with Gasteiger partial charge in [-0.25, -0.2) is 9.97 Å². The second-order valence-corrected chi connectivity index (χ2v) is 5.13. The Balaban J connectivity index is 1.89. The van der Waals surface area contributed by atoms with Crippen molar-refractivity contribution in [3.8, 4) is 11.6 Å². The highest BCUT2D eigenvalue weighted by molar-refractivity contribution is 6.30. The average molecular weight is 304 g/mol. The maximum Gasteiger partial charge on any atom is 0.226 e. The lowest BCUT2D eigenvalue weighted by atomic mass is 10.0. The number of benzene rings is 1. The van der Waals surface area contributed by atoms with Crippen molar-refractivity contribution in [2.24, 2.45) is 0 Å². The van der Waals surface area contributed by atoms with Gasteiger partial charge in [0, 0.05) is 12.1 Å². The van der Waals surface area contributed by atoms with Gasteiger partial charge >= 0.3 is 0 Å². The summed E-state index contributed by atoms with van der Waals surface area (Å²) < 4.78 is 5.83. The van der Waals surface area contributed by atoms with Crippen LogP contribution in [0.25, 0.3) is 0 Å². The van der Waals surface area contributed by atoms with Gasteiger partial charge < -0.3 is 10.1 Å². The Bertz CT molecular complexity index is 703. The van der Waals surface area contributed by atoms with Gasteiger partial charge in [-0.2, -0.15) is 0 Å². The fourth-order valence-electron chi connectivity index (χ4n) is 2.30. The summed E-state index contributed by atoms with van der Waals surface area (Å²) >= 11 is 6.05. The van der Waals surface area contributed by atoms with Gasteiger partial charge in [0.25, 0.3) is 0 Å². The Hall–Kier alpha value is -2.14. The molecular weight excluding hydrogens is 290 g/mol. The molecule has 0 bridgehead atoms. The third kappa shape index (κ3) is 2.83. The lowest BCUT2D eigenvalue weighted by molar-refractivity contribution is -0.116. The summed E-state index contributed by atoms with van der Waals surface area (Å²) in [4.78, 5) is 19.4. The molecule has 1 aromatic heterocycles. The van der Waals surface area contributed by atoms with Crippen molar-refractivity contribution in [1.29, 1.82) is 0 Å². The molecule has 5 nitrogen and oxygen atoms in total. The number of ether oxygens (including phenoxy) is 1. The number of hydrogen-bond donors (Lipinski definition) is 1. The van der Waals surface area contributed by atoms with E-state index in [0.717, 1.165) is 16.8 Å². The first-order valence-corrected chi connectivity index (χ1v) is 7.15. The minimum absolute atomic E-state index is 0.0482. The SMILES string of the molecule is CCc1c(Cl)ncnc1Oc1ccc2c(c1)CCC(=O)N2. The summed E-state index contributed by atoms with van der Waals surface area (Å²) in [7, 11) is 0. The van der Waals surface area contributed by atoms with Crippen molar-refractivity contribution < 1.29 is 9.53 Å². The number of nitrogens with one attached hydrogen (secondary N) is 1. The summed E-state index contributed by atoms with van der Waals surface area (Å²) in [6.07, 6.45) is 3.28. The van der Waals surface area contributed by atoms with Gasteiger partial charge in [0.05, 0.1) is 5.56 Å². The molecule has 0 fully saturated rings. The Morgan fingerprint density at radius 2 is 2.19 bits per heavy atom. The molecule has 21 heavy (non-hydrogen) atoms. The first-order chi connectivity index (χ1) is 10.2. The van der Waals surface area contributed by atoms with Crippen LogP contribution in [-0.4, -0.2) is 15.9 Å². The minimum Gasteiger partial charge on any atom is -0.439 e. The fourth-order valence-corrected chi connectivity index (χ4v) is 2.55. The van der Waals surface area contributed by atoms with E-state index in [0.29, 0.717) is 36.0 Å². The molecule has 0 spiro atoms. The summed E-state index contributed by atoms with van der Waals surface area (Å²) in [5.41, 5.74) is 2.69. The van der Waals surface area contributed by atoms with E-state index in [1.54, 1.807) is 6.07 Å². The Labute approximate surface area is 127 Å². The number of rotatable bonds is 3. The Morgan fingerprint density at radius 3 is 3.00 bits per heavy atom. The summed E-state index contributed by atoms with van der Waals surface area (Å²) in [5.74, 6) is 1.19. The number of carbonyl (C=O) groups is 1. The number of halogens is 1. The summed E-state index contributed by atoms with van der Waals surface area (Å²) in [5, 5.41) is 3.25. The second-order valence-electron chi connectivity index (χ2n) is 4.77. The average Bonchev–Trinajstić information content (AvgIpc) is 2.48. The molecule has 0 aliphatic carbocycles. The minimum atomic E-state index is 0.0482. The van der Waals surface area contributed by atoms with Crippen molar-refractivity contribution in [3.63, 3.8) is 0 Å². The predicted octanol–water partition coefficient (Wildman–Crippen LogP) is 3.37. The molecule has 0 saturated carbocycles. The number of nitrogens with zero attached hydrogens (tertiary/aromatic N) is 2. The van der Waals surface area contributed by atoms with E-state index < -0.39 is 0 Å². The Morgan fingerprint density at radius 1 is 1.33 bits per heavy atom. The molecule has 1 aliphatic rings. The van der Waals surface area contributed by atoms with Gasteiger partial charge in [0.1, 0.15) is 17.2 Å². The number of fused-ring (bicyclic) bond motifs is 1. The highest BCUT2D eigenvalue weighted by Crippen LogP contribution is 2.31. The number of aromatic nitrogens is 2. The number of aryl methyl sites for hydroxylation is 1. The first kappa shape index (κ1) is 13.8. The number of amides is 1. The quantitative estimate of drug-likeness (QED) is 0.883. The molecular formula is C15H14ClN3O2. The van der Waals surface area contributed by atoms with Crippen LogP contribution in [0.5, 0.6) is 11.6 Å². The molecule has 108 valence electrons. The van der Waals surface area contributed by atoms with Gasteiger partial charge in [-0.05, 0) is 36.6 Å². The normalized spacial score (nSPS) is 13.5. The van der Waals surface area contributed by atoms with Crippen LogP contribution in [0.15, 0.2) is 24.5 Å². The third-order valence-corrected chi connectivity index (χ3v) is 3.72. The molecule has 2 heterocycles. The van der Waals surface area contributed by atoms with Gasteiger partial charge in [0.15, 0.2) is 0 Å². The lowest BCUT2D eigenvalue weighted by Gasteiger charge is -2.17. The molecule has 3 rings (SSSR count). The molecule has 1 amide bonds. The van der Waals surface area contributed by atoms with Gasteiger partial charge in [-0.3, -0.25) is 4.79 Å². The van der Waals surface area contributed by atoms with Crippen LogP contribution in [0.1, 0.15) is 24.5 Å². The Kier molecular flexibility index (Phi) is 3.75. The second kappa shape index (κ2) is 5.69. The van der Waals surface area contributed by atoms with E-state index in [1.165, 1.54) is 6.33 Å². The topological polar surface area (TPSA) is 64.1 Å². The van der Waals surface area contributed by atoms with Crippen molar-refractivity contribution in [2.45, 2.75) is 26.2 Å². The first-order valence-electron chi connectivity index (χ1n) is 6.77. The smallest absolute Gasteiger partial charge is 0.226 e. The number of anilines is 1. The van der Waals surface area contributed by atoms with Crippen molar-refractivity contribution >= 4 is 23.2 Å². The van der Waals surface area contributed by atoms with E-state index in [9.17, 15) is 4.79 Å².